The van der Waals surface area contributed by atoms with Crippen LogP contribution >= 0.6 is 0 Å². The highest BCUT2D eigenvalue weighted by Crippen LogP contribution is 2.31. The molecule has 0 aromatic heterocycles. The fourth-order valence-corrected chi connectivity index (χ4v) is 1.88. The predicted molar refractivity (Wildman–Crippen MR) is 82.5 cm³/mol. The molecule has 1 aromatic carbocycles. The molecule has 8 nitrogen and oxygen atoms in total. The van der Waals surface area contributed by atoms with E-state index in [2.05, 4.69) is 0 Å². The molecule has 126 valence electrons. The molecule has 1 unspecified atom stereocenters. The van der Waals surface area contributed by atoms with Crippen LogP contribution in [-0.2, 0) is 9.53 Å². The Morgan fingerprint density at radius 1 is 1.39 bits per heavy atom. The van der Waals surface area contributed by atoms with Gasteiger partial charge in [-0.3, -0.25) is 15.0 Å². The largest absolute Gasteiger partial charge is 0.497 e. The van der Waals surface area contributed by atoms with Crippen LogP contribution in [0.2, 0.25) is 0 Å². The van der Waals surface area contributed by atoms with Crippen LogP contribution < -0.4 is 4.74 Å². The number of nitro groups is 1. The van der Waals surface area contributed by atoms with E-state index in [4.69, 9.17) is 9.47 Å². The van der Waals surface area contributed by atoms with Gasteiger partial charge in [0.05, 0.1) is 17.6 Å². The van der Waals surface area contributed by atoms with Gasteiger partial charge >= 0.3 is 6.09 Å². The minimum absolute atomic E-state index is 0.0534. The summed E-state index contributed by atoms with van der Waals surface area (Å²) in [6.45, 7) is 5.05. The minimum Gasteiger partial charge on any atom is -0.497 e. The molecule has 0 aliphatic rings. The Bertz CT molecular complexity index is 608. The molecule has 0 heterocycles. The van der Waals surface area contributed by atoms with Crippen LogP contribution in [0.1, 0.15) is 32.4 Å². The van der Waals surface area contributed by atoms with Crippen LogP contribution in [0.4, 0.5) is 10.5 Å². The Labute approximate surface area is 134 Å². The van der Waals surface area contributed by atoms with E-state index in [1.54, 1.807) is 20.8 Å². The van der Waals surface area contributed by atoms with E-state index in [0.29, 0.717) is 12.0 Å². The Morgan fingerprint density at radius 2 is 2.00 bits per heavy atom. The number of rotatable bonds is 5. The maximum absolute atomic E-state index is 12.1. The topological polar surface area (TPSA) is 99.0 Å². The second kappa shape index (κ2) is 7.08. The first-order valence-corrected chi connectivity index (χ1v) is 6.84. The maximum atomic E-state index is 12.1. The number of benzene rings is 1. The summed E-state index contributed by atoms with van der Waals surface area (Å²) in [5, 5.41) is 11.2. The number of nitrogens with zero attached hydrogens (tertiary/aromatic N) is 2. The van der Waals surface area contributed by atoms with E-state index in [-0.39, 0.29) is 11.3 Å². The molecular weight excluding hydrogens is 304 g/mol. The molecule has 1 atom stereocenters. The van der Waals surface area contributed by atoms with Crippen molar-refractivity contribution in [2.45, 2.75) is 32.4 Å². The highest BCUT2D eigenvalue weighted by Gasteiger charge is 2.31. The van der Waals surface area contributed by atoms with Gasteiger partial charge in [-0.15, -0.1) is 0 Å². The van der Waals surface area contributed by atoms with E-state index in [0.717, 1.165) is 4.90 Å². The summed E-state index contributed by atoms with van der Waals surface area (Å²) in [5.41, 5.74) is -0.977. The maximum Gasteiger partial charge on any atom is 0.410 e. The highest BCUT2D eigenvalue weighted by molar-refractivity contribution is 5.76. The van der Waals surface area contributed by atoms with Crippen LogP contribution in [0.3, 0.4) is 0 Å². The Morgan fingerprint density at radius 3 is 2.43 bits per heavy atom. The smallest absolute Gasteiger partial charge is 0.410 e. The summed E-state index contributed by atoms with van der Waals surface area (Å²) in [6.07, 6.45) is -0.308. The van der Waals surface area contributed by atoms with Crippen molar-refractivity contribution in [2.75, 3.05) is 14.2 Å². The number of carbonyl (C=O) groups excluding carboxylic acids is 2. The van der Waals surface area contributed by atoms with Crippen molar-refractivity contribution in [1.29, 1.82) is 0 Å². The third-order valence-electron chi connectivity index (χ3n) is 2.98. The zero-order valence-corrected chi connectivity index (χ0v) is 13.7. The first-order chi connectivity index (χ1) is 10.6. The van der Waals surface area contributed by atoms with E-state index in [1.807, 2.05) is 0 Å². The third kappa shape index (κ3) is 4.67. The first-order valence-electron chi connectivity index (χ1n) is 6.84. The highest BCUT2D eigenvalue weighted by atomic mass is 16.6. The molecule has 23 heavy (non-hydrogen) atoms. The van der Waals surface area contributed by atoms with Crippen molar-refractivity contribution in [3.8, 4) is 5.75 Å². The van der Waals surface area contributed by atoms with Crippen molar-refractivity contribution in [2.24, 2.45) is 0 Å². The number of hydrogen-bond donors (Lipinski definition) is 0. The minimum atomic E-state index is -1.17. The first kappa shape index (κ1) is 18.4. The molecule has 0 bridgehead atoms. The fraction of sp³-hybridized carbons (Fsp3) is 0.467. The van der Waals surface area contributed by atoms with Gasteiger partial charge in [-0.05, 0) is 32.9 Å². The average Bonchev–Trinajstić information content (AvgIpc) is 2.45. The fourth-order valence-electron chi connectivity index (χ4n) is 1.88. The number of methoxy groups -OCH3 is 1. The Hall–Kier alpha value is -2.64. The lowest BCUT2D eigenvalue weighted by molar-refractivity contribution is -0.385. The van der Waals surface area contributed by atoms with Crippen molar-refractivity contribution < 1.29 is 24.0 Å². The molecule has 1 aromatic rings. The summed E-state index contributed by atoms with van der Waals surface area (Å²) in [6, 6.07) is 2.84. The van der Waals surface area contributed by atoms with Crippen molar-refractivity contribution in [1.82, 2.24) is 4.90 Å². The second-order valence-electron chi connectivity index (χ2n) is 5.85. The summed E-state index contributed by atoms with van der Waals surface area (Å²) < 4.78 is 10.2. The second-order valence-corrected chi connectivity index (χ2v) is 5.85. The van der Waals surface area contributed by atoms with Gasteiger partial charge in [-0.1, -0.05) is 0 Å². The number of nitro benzene ring substituents is 1. The lowest BCUT2D eigenvalue weighted by Gasteiger charge is -2.28. The number of hydrogen-bond acceptors (Lipinski definition) is 6. The zero-order valence-electron chi connectivity index (χ0n) is 13.7. The van der Waals surface area contributed by atoms with E-state index in [9.17, 15) is 19.7 Å². The summed E-state index contributed by atoms with van der Waals surface area (Å²) >= 11 is 0. The number of aldehydes is 1. The summed E-state index contributed by atoms with van der Waals surface area (Å²) in [4.78, 5) is 35.2. The Balaban J connectivity index is 3.26. The van der Waals surface area contributed by atoms with Crippen molar-refractivity contribution >= 4 is 18.1 Å². The molecule has 1 rings (SSSR count). The molecule has 0 radical (unpaired) electrons. The standard InChI is InChI=1S/C15H20N2O6/c1-15(2,3)23-14(19)16(4)13(9-18)11-8-10(22-5)6-7-12(11)17(20)21/h6-9,13H,1-5H3. The normalized spacial score (nSPS) is 12.2. The van der Waals surface area contributed by atoms with Gasteiger partial charge in [-0.2, -0.15) is 0 Å². The molecule has 0 saturated carbocycles. The lowest BCUT2D eigenvalue weighted by Crippen LogP contribution is -2.37. The molecule has 0 aliphatic carbocycles. The Kier molecular flexibility index (Phi) is 5.67. The molecule has 0 spiro atoms. The SMILES string of the molecule is COc1ccc([N+](=O)[O-])c(C(C=O)N(C)C(=O)OC(C)(C)C)c1. The number of carbonyl (C=O) groups is 2. The summed E-state index contributed by atoms with van der Waals surface area (Å²) in [7, 11) is 2.74. The number of ether oxygens (including phenoxy) is 2. The van der Waals surface area contributed by atoms with Crippen LogP contribution in [0.25, 0.3) is 0 Å². The van der Waals surface area contributed by atoms with Gasteiger partial charge in [-0.25, -0.2) is 4.79 Å². The molecule has 8 heteroatoms. The van der Waals surface area contributed by atoms with Crippen LogP contribution in [0.15, 0.2) is 18.2 Å². The van der Waals surface area contributed by atoms with Gasteiger partial charge in [0, 0.05) is 13.1 Å². The molecule has 1 amide bonds. The van der Waals surface area contributed by atoms with Gasteiger partial charge in [0.25, 0.3) is 5.69 Å². The lowest BCUT2D eigenvalue weighted by atomic mass is 10.0. The molecule has 0 N–H and O–H groups in total. The summed E-state index contributed by atoms with van der Waals surface area (Å²) in [5.74, 6) is 0.343. The van der Waals surface area contributed by atoms with Gasteiger partial charge in [0.2, 0.25) is 0 Å². The number of amides is 1. The van der Waals surface area contributed by atoms with E-state index >= 15 is 0 Å². The van der Waals surface area contributed by atoms with Crippen LogP contribution in [0, 0.1) is 10.1 Å². The zero-order chi connectivity index (χ0) is 17.8. The number of likely N-dealkylation sites (N-methyl/N-ethyl adjacent to an activating group) is 1. The third-order valence-corrected chi connectivity index (χ3v) is 2.98. The molecule has 0 saturated heterocycles. The van der Waals surface area contributed by atoms with E-state index < -0.39 is 22.7 Å². The quantitative estimate of drug-likeness (QED) is 0.469. The van der Waals surface area contributed by atoms with Crippen molar-refractivity contribution in [3.05, 3.63) is 33.9 Å². The van der Waals surface area contributed by atoms with E-state index in [1.165, 1.54) is 32.4 Å². The van der Waals surface area contributed by atoms with Gasteiger partial charge in [0.1, 0.15) is 23.7 Å². The molecular formula is C15H20N2O6. The predicted octanol–water partition coefficient (Wildman–Crippen LogP) is 2.71. The van der Waals surface area contributed by atoms with Crippen LogP contribution in [-0.4, -0.2) is 42.0 Å². The molecule has 0 fully saturated rings. The monoisotopic (exact) mass is 324 g/mol. The van der Waals surface area contributed by atoms with Gasteiger partial charge < -0.3 is 14.3 Å². The van der Waals surface area contributed by atoms with Crippen molar-refractivity contribution in [3.63, 3.8) is 0 Å². The average molecular weight is 324 g/mol. The van der Waals surface area contributed by atoms with Crippen LogP contribution in [0.5, 0.6) is 5.75 Å². The van der Waals surface area contributed by atoms with Gasteiger partial charge in [0.15, 0.2) is 0 Å². The molecule has 0 aliphatic heterocycles.